The zero-order valence-electron chi connectivity index (χ0n) is 26.5. The Balaban J connectivity index is 1.38. The van der Waals surface area contributed by atoms with Gasteiger partial charge in [-0.05, 0) is 94.2 Å². The molecule has 0 spiro atoms. The Morgan fingerprint density at radius 3 is 2.49 bits per heavy atom. The van der Waals surface area contributed by atoms with Crippen molar-refractivity contribution < 1.29 is 23.9 Å². The molecule has 0 fully saturated rings. The van der Waals surface area contributed by atoms with Crippen LogP contribution in [0.15, 0.2) is 117 Å². The third-order valence-electron chi connectivity index (χ3n) is 7.79. The van der Waals surface area contributed by atoms with Gasteiger partial charge in [-0.3, -0.25) is 24.3 Å². The molecule has 49 heavy (non-hydrogen) atoms. The van der Waals surface area contributed by atoms with Crippen molar-refractivity contribution in [1.82, 2.24) is 4.57 Å². The van der Waals surface area contributed by atoms with E-state index < -0.39 is 11.0 Å². The van der Waals surface area contributed by atoms with E-state index in [0.29, 0.717) is 59.1 Å². The molecule has 13 heteroatoms. The van der Waals surface area contributed by atoms with Gasteiger partial charge < -0.3 is 19.5 Å². The van der Waals surface area contributed by atoms with Gasteiger partial charge in [0.2, 0.25) is 0 Å². The summed E-state index contributed by atoms with van der Waals surface area (Å²) in [6.45, 7) is 1.91. The summed E-state index contributed by atoms with van der Waals surface area (Å²) in [4.78, 5) is 43.7. The SMILES string of the molecule is COc1cccc([C@@H]2C(C(=O)Nc3ccccc3)=C(C)N=c3s/c(=C\c4cc(Br)c(OCc5ccc([N+](=O)[O-])cc5)c(OC)c4)c(=O)n32)c1. The van der Waals surface area contributed by atoms with Crippen LogP contribution in [0.2, 0.25) is 0 Å². The second-order valence-electron chi connectivity index (χ2n) is 10.9. The maximum Gasteiger partial charge on any atom is 0.271 e. The lowest BCUT2D eigenvalue weighted by molar-refractivity contribution is -0.384. The molecule has 4 aromatic carbocycles. The minimum atomic E-state index is -0.770. The zero-order valence-corrected chi connectivity index (χ0v) is 28.9. The highest BCUT2D eigenvalue weighted by molar-refractivity contribution is 9.10. The first-order valence-corrected chi connectivity index (χ1v) is 16.5. The Kier molecular flexibility index (Phi) is 9.74. The Labute approximate surface area is 292 Å². The number of ether oxygens (including phenoxy) is 3. The predicted molar refractivity (Wildman–Crippen MR) is 190 cm³/mol. The van der Waals surface area contributed by atoms with Crippen molar-refractivity contribution in [3.8, 4) is 17.2 Å². The molecule has 1 atom stereocenters. The Morgan fingerprint density at radius 1 is 1.04 bits per heavy atom. The number of para-hydroxylation sites is 1. The molecule has 1 N–H and O–H groups in total. The number of aromatic nitrogens is 1. The van der Waals surface area contributed by atoms with Gasteiger partial charge in [0.25, 0.3) is 17.2 Å². The first-order chi connectivity index (χ1) is 23.7. The van der Waals surface area contributed by atoms with Crippen LogP contribution in [0.25, 0.3) is 6.08 Å². The van der Waals surface area contributed by atoms with Gasteiger partial charge >= 0.3 is 0 Å². The number of benzene rings is 4. The number of fused-ring (bicyclic) bond motifs is 1. The van der Waals surface area contributed by atoms with Crippen molar-refractivity contribution >= 4 is 50.6 Å². The molecular formula is C36H29BrN4O7S. The van der Waals surface area contributed by atoms with E-state index in [4.69, 9.17) is 19.2 Å². The number of hydrogen-bond acceptors (Lipinski definition) is 9. The van der Waals surface area contributed by atoms with Crippen molar-refractivity contribution in [2.75, 3.05) is 19.5 Å². The van der Waals surface area contributed by atoms with Crippen molar-refractivity contribution in [2.24, 2.45) is 4.99 Å². The van der Waals surface area contributed by atoms with Crippen LogP contribution in [-0.4, -0.2) is 29.6 Å². The fraction of sp³-hybridized carbons (Fsp3) is 0.139. The average Bonchev–Trinajstić information content (AvgIpc) is 3.40. The van der Waals surface area contributed by atoms with E-state index >= 15 is 0 Å². The molecule has 0 radical (unpaired) electrons. The molecule has 0 saturated heterocycles. The molecule has 2 heterocycles. The van der Waals surface area contributed by atoms with E-state index in [1.807, 2.05) is 36.4 Å². The topological polar surface area (TPSA) is 134 Å². The van der Waals surface area contributed by atoms with E-state index in [0.717, 1.165) is 5.56 Å². The molecule has 0 aliphatic carbocycles. The molecule has 0 bridgehead atoms. The highest BCUT2D eigenvalue weighted by Crippen LogP contribution is 2.38. The van der Waals surface area contributed by atoms with Gasteiger partial charge in [0.05, 0.1) is 45.5 Å². The van der Waals surface area contributed by atoms with E-state index in [2.05, 4.69) is 21.2 Å². The lowest BCUT2D eigenvalue weighted by Crippen LogP contribution is -2.40. The number of methoxy groups -OCH3 is 2. The van der Waals surface area contributed by atoms with Gasteiger partial charge in [-0.15, -0.1) is 0 Å². The van der Waals surface area contributed by atoms with E-state index in [-0.39, 0.29) is 23.8 Å². The van der Waals surface area contributed by atoms with E-state index in [1.165, 1.54) is 30.6 Å². The highest BCUT2D eigenvalue weighted by Gasteiger charge is 2.33. The van der Waals surface area contributed by atoms with E-state index in [1.54, 1.807) is 67.1 Å². The summed E-state index contributed by atoms with van der Waals surface area (Å²) < 4.78 is 19.7. The smallest absolute Gasteiger partial charge is 0.271 e. The minimum absolute atomic E-state index is 0.00575. The first kappa shape index (κ1) is 33.4. The molecule has 1 aliphatic rings. The van der Waals surface area contributed by atoms with Gasteiger partial charge in [0, 0.05) is 17.8 Å². The van der Waals surface area contributed by atoms with Crippen LogP contribution in [0.4, 0.5) is 11.4 Å². The Bertz CT molecular complexity index is 2280. The fourth-order valence-corrected chi connectivity index (χ4v) is 7.06. The van der Waals surface area contributed by atoms with Gasteiger partial charge in [0.15, 0.2) is 16.3 Å². The summed E-state index contributed by atoms with van der Waals surface area (Å²) in [5.74, 6) is 1.07. The highest BCUT2D eigenvalue weighted by atomic mass is 79.9. The van der Waals surface area contributed by atoms with Crippen LogP contribution in [0.5, 0.6) is 17.2 Å². The summed E-state index contributed by atoms with van der Waals surface area (Å²) in [6, 6.07) is 25.3. The molecule has 5 aromatic rings. The van der Waals surface area contributed by atoms with E-state index in [9.17, 15) is 19.7 Å². The molecule has 0 saturated carbocycles. The third-order valence-corrected chi connectivity index (χ3v) is 9.36. The largest absolute Gasteiger partial charge is 0.497 e. The Hall–Kier alpha value is -5.53. The standard InChI is InChI=1S/C36H29BrN4O7S/c1-21-31(34(42)39-25-9-5-4-6-10-25)32(24-8-7-11-27(19-24)46-2)40-35(43)30(49-36(40)38-21)18-23-16-28(37)33(29(17-23)47-3)48-20-22-12-14-26(15-13-22)41(44)45/h4-19,32H,20H2,1-3H3,(H,39,42)/b30-18-/t32-/m1/s1. The number of nitrogens with one attached hydrogen (secondary N) is 1. The average molecular weight is 742 g/mol. The number of halogens is 1. The normalized spacial score (nSPS) is 14.1. The second kappa shape index (κ2) is 14.3. The van der Waals surface area contributed by atoms with Crippen LogP contribution in [0.1, 0.15) is 29.7 Å². The summed E-state index contributed by atoms with van der Waals surface area (Å²) in [6.07, 6.45) is 1.74. The fourth-order valence-electron chi connectivity index (χ4n) is 5.44. The quantitative estimate of drug-likeness (QED) is 0.134. The second-order valence-corrected chi connectivity index (χ2v) is 12.8. The molecule has 6 rings (SSSR count). The predicted octanol–water partition coefficient (Wildman–Crippen LogP) is 6.14. The number of amides is 1. The number of nitrogens with zero attached hydrogens (tertiary/aromatic N) is 3. The lowest BCUT2D eigenvalue weighted by atomic mass is 9.95. The van der Waals surface area contributed by atoms with Crippen molar-refractivity contribution in [3.05, 3.63) is 153 Å². The van der Waals surface area contributed by atoms with Crippen molar-refractivity contribution in [1.29, 1.82) is 0 Å². The molecular weight excluding hydrogens is 712 g/mol. The molecule has 0 unspecified atom stereocenters. The van der Waals surface area contributed by atoms with Gasteiger partial charge in [-0.1, -0.05) is 41.7 Å². The number of allylic oxidation sites excluding steroid dienone is 1. The molecule has 1 amide bonds. The summed E-state index contributed by atoms with van der Waals surface area (Å²) >= 11 is 4.79. The van der Waals surface area contributed by atoms with Crippen LogP contribution in [0, 0.1) is 10.1 Å². The number of nitro benzene ring substituents is 1. The van der Waals surface area contributed by atoms with Gasteiger partial charge in [-0.2, -0.15) is 0 Å². The summed E-state index contributed by atoms with van der Waals surface area (Å²) in [5, 5.41) is 13.9. The van der Waals surface area contributed by atoms with Gasteiger partial charge in [-0.25, -0.2) is 4.99 Å². The number of carbonyl (C=O) groups is 1. The third kappa shape index (κ3) is 7.03. The number of hydrogen-bond donors (Lipinski definition) is 1. The van der Waals surface area contributed by atoms with Crippen LogP contribution in [-0.2, 0) is 11.4 Å². The first-order valence-electron chi connectivity index (χ1n) is 14.9. The number of carbonyl (C=O) groups excluding carboxylic acids is 1. The number of non-ortho nitro benzene ring substituents is 1. The van der Waals surface area contributed by atoms with Gasteiger partial charge in [0.1, 0.15) is 12.4 Å². The maximum atomic E-state index is 14.2. The number of anilines is 1. The maximum absolute atomic E-state index is 14.2. The van der Waals surface area contributed by atoms with Crippen LogP contribution in [0.3, 0.4) is 0 Å². The minimum Gasteiger partial charge on any atom is -0.497 e. The van der Waals surface area contributed by atoms with Crippen molar-refractivity contribution in [3.63, 3.8) is 0 Å². The van der Waals surface area contributed by atoms with Crippen LogP contribution >= 0.6 is 27.3 Å². The number of nitro groups is 1. The Morgan fingerprint density at radius 2 is 1.80 bits per heavy atom. The zero-order chi connectivity index (χ0) is 34.7. The molecule has 11 nitrogen and oxygen atoms in total. The molecule has 248 valence electrons. The van der Waals surface area contributed by atoms with Crippen molar-refractivity contribution in [2.45, 2.75) is 19.6 Å². The van der Waals surface area contributed by atoms with Crippen LogP contribution < -0.4 is 34.4 Å². The summed E-state index contributed by atoms with van der Waals surface area (Å²) in [5.41, 5.74) is 3.22. The lowest BCUT2D eigenvalue weighted by Gasteiger charge is -2.25. The number of thiazole rings is 1. The molecule has 1 aliphatic heterocycles. The summed E-state index contributed by atoms with van der Waals surface area (Å²) in [7, 11) is 3.07. The molecule has 1 aromatic heterocycles. The number of rotatable bonds is 10. The monoisotopic (exact) mass is 740 g/mol.